The second-order valence-electron chi connectivity index (χ2n) is 5.23. The third-order valence-electron chi connectivity index (χ3n) is 3.83. The zero-order valence-electron chi connectivity index (χ0n) is 11.4. The molecule has 2 aromatic rings. The maximum atomic E-state index is 12.7. The number of aromatic amines is 1. The number of hydrogen-bond acceptors (Lipinski definition) is 2. The molecule has 1 aliphatic rings. The van der Waals surface area contributed by atoms with Gasteiger partial charge in [0.05, 0.1) is 5.56 Å². The lowest BCUT2D eigenvalue weighted by molar-refractivity contribution is 0.0705. The highest BCUT2D eigenvalue weighted by Gasteiger charge is 2.27. The lowest BCUT2D eigenvalue weighted by Gasteiger charge is -2.32. The molecule has 1 fully saturated rings. The summed E-state index contributed by atoms with van der Waals surface area (Å²) in [6.45, 7) is 1.51. The van der Waals surface area contributed by atoms with Crippen molar-refractivity contribution in [2.24, 2.45) is 0 Å². The van der Waals surface area contributed by atoms with E-state index in [0.717, 1.165) is 36.1 Å². The molecule has 1 saturated heterocycles. The van der Waals surface area contributed by atoms with Gasteiger partial charge in [-0.05, 0) is 53.0 Å². The molecule has 0 saturated carbocycles. The lowest BCUT2D eigenvalue weighted by Crippen LogP contribution is -2.39. The normalized spacial score (nSPS) is 18.8. The fourth-order valence-corrected chi connectivity index (χ4v) is 3.60. The van der Waals surface area contributed by atoms with Crippen molar-refractivity contribution in [3.8, 4) is 0 Å². The standard InChI is InChI=1S/C15H15BrClN3O/c16-13-8-11(17)3-4-12(13)15(21)20-7-1-2-10(9-20)14-5-6-18-19-14/h3-6,8,10H,1-2,7,9H2,(H,18,19). The molecule has 1 aliphatic heterocycles. The minimum absolute atomic E-state index is 0.0442. The smallest absolute Gasteiger partial charge is 0.255 e. The van der Waals surface area contributed by atoms with Crippen molar-refractivity contribution in [3.63, 3.8) is 0 Å². The van der Waals surface area contributed by atoms with Crippen LogP contribution in [0.15, 0.2) is 34.9 Å². The molecule has 1 aromatic heterocycles. The number of halogens is 2. The van der Waals surface area contributed by atoms with E-state index in [1.165, 1.54) is 0 Å². The highest BCUT2D eigenvalue weighted by atomic mass is 79.9. The molecule has 0 spiro atoms. The van der Waals surface area contributed by atoms with Gasteiger partial charge in [-0.3, -0.25) is 9.89 Å². The van der Waals surface area contributed by atoms with E-state index < -0.39 is 0 Å². The Hall–Kier alpha value is -1.33. The summed E-state index contributed by atoms with van der Waals surface area (Å²) in [4.78, 5) is 14.6. The first kappa shape index (κ1) is 14.6. The van der Waals surface area contributed by atoms with Crippen LogP contribution in [0.3, 0.4) is 0 Å². The quantitative estimate of drug-likeness (QED) is 0.875. The summed E-state index contributed by atoms with van der Waals surface area (Å²) in [5.74, 6) is 0.374. The van der Waals surface area contributed by atoms with E-state index in [-0.39, 0.29) is 5.91 Å². The van der Waals surface area contributed by atoms with E-state index in [0.29, 0.717) is 16.5 Å². The van der Waals surface area contributed by atoms with E-state index in [4.69, 9.17) is 11.6 Å². The van der Waals surface area contributed by atoms with Crippen LogP contribution in [0.1, 0.15) is 34.8 Å². The van der Waals surface area contributed by atoms with Crippen LogP contribution in [0.5, 0.6) is 0 Å². The molecule has 0 radical (unpaired) electrons. The molecule has 0 aliphatic carbocycles. The van der Waals surface area contributed by atoms with Gasteiger partial charge >= 0.3 is 0 Å². The van der Waals surface area contributed by atoms with Crippen LogP contribution in [-0.2, 0) is 0 Å². The molecular formula is C15H15BrClN3O. The van der Waals surface area contributed by atoms with Crippen LogP contribution in [0, 0.1) is 0 Å². The predicted molar refractivity (Wildman–Crippen MR) is 85.6 cm³/mol. The van der Waals surface area contributed by atoms with Gasteiger partial charge in [-0.15, -0.1) is 0 Å². The molecule has 1 unspecified atom stereocenters. The SMILES string of the molecule is O=C(c1ccc(Cl)cc1Br)N1CCCC(c2ccn[nH]2)C1. The highest BCUT2D eigenvalue weighted by Crippen LogP contribution is 2.28. The van der Waals surface area contributed by atoms with Crippen molar-refractivity contribution in [2.45, 2.75) is 18.8 Å². The minimum Gasteiger partial charge on any atom is -0.338 e. The number of hydrogen-bond donors (Lipinski definition) is 1. The van der Waals surface area contributed by atoms with Crippen LogP contribution in [0.25, 0.3) is 0 Å². The first-order valence-corrected chi connectivity index (χ1v) is 8.06. The van der Waals surface area contributed by atoms with Crippen molar-refractivity contribution in [1.29, 1.82) is 0 Å². The van der Waals surface area contributed by atoms with Crippen LogP contribution in [0.4, 0.5) is 0 Å². The first-order valence-electron chi connectivity index (χ1n) is 6.89. The minimum atomic E-state index is 0.0442. The Morgan fingerprint density at radius 1 is 1.43 bits per heavy atom. The Kier molecular flexibility index (Phi) is 4.31. The number of carbonyl (C=O) groups excluding carboxylic acids is 1. The largest absolute Gasteiger partial charge is 0.338 e. The number of carbonyl (C=O) groups is 1. The van der Waals surface area contributed by atoms with Crippen LogP contribution in [0.2, 0.25) is 5.02 Å². The predicted octanol–water partition coefficient (Wildman–Crippen LogP) is 3.85. The molecule has 3 rings (SSSR count). The van der Waals surface area contributed by atoms with Gasteiger partial charge in [0, 0.05) is 40.4 Å². The molecule has 1 amide bonds. The summed E-state index contributed by atoms with van der Waals surface area (Å²) in [6, 6.07) is 7.26. The Morgan fingerprint density at radius 3 is 3.00 bits per heavy atom. The van der Waals surface area contributed by atoms with Gasteiger partial charge in [-0.25, -0.2) is 0 Å². The molecule has 1 aromatic carbocycles. The fourth-order valence-electron chi connectivity index (χ4n) is 2.74. The van der Waals surface area contributed by atoms with Crippen molar-refractivity contribution in [1.82, 2.24) is 15.1 Å². The zero-order chi connectivity index (χ0) is 14.8. The van der Waals surface area contributed by atoms with Crippen molar-refractivity contribution in [2.75, 3.05) is 13.1 Å². The third-order valence-corrected chi connectivity index (χ3v) is 4.72. The average molecular weight is 369 g/mol. The van der Waals surface area contributed by atoms with E-state index in [9.17, 15) is 4.79 Å². The molecular weight excluding hydrogens is 354 g/mol. The highest BCUT2D eigenvalue weighted by molar-refractivity contribution is 9.10. The van der Waals surface area contributed by atoms with Gasteiger partial charge in [-0.1, -0.05) is 11.6 Å². The van der Waals surface area contributed by atoms with Gasteiger partial charge in [0.1, 0.15) is 0 Å². The van der Waals surface area contributed by atoms with E-state index in [1.54, 1.807) is 24.4 Å². The number of H-pyrrole nitrogens is 1. The Bertz CT molecular complexity index is 644. The number of nitrogens with zero attached hydrogens (tertiary/aromatic N) is 2. The molecule has 6 heteroatoms. The van der Waals surface area contributed by atoms with Gasteiger partial charge in [0.15, 0.2) is 0 Å². The third kappa shape index (κ3) is 3.14. The number of aromatic nitrogens is 2. The summed E-state index contributed by atoms with van der Waals surface area (Å²) < 4.78 is 0.740. The van der Waals surface area contributed by atoms with Crippen molar-refractivity contribution < 1.29 is 4.79 Å². The summed E-state index contributed by atoms with van der Waals surface area (Å²) >= 11 is 9.35. The van der Waals surface area contributed by atoms with Crippen LogP contribution >= 0.6 is 27.5 Å². The number of amides is 1. The second kappa shape index (κ2) is 6.20. The summed E-state index contributed by atoms with van der Waals surface area (Å²) in [7, 11) is 0. The van der Waals surface area contributed by atoms with Gasteiger partial charge in [0.25, 0.3) is 5.91 Å². The fraction of sp³-hybridized carbons (Fsp3) is 0.333. The second-order valence-corrected chi connectivity index (χ2v) is 6.52. The topological polar surface area (TPSA) is 49.0 Å². The first-order chi connectivity index (χ1) is 10.1. The van der Waals surface area contributed by atoms with Crippen molar-refractivity contribution >= 4 is 33.4 Å². The maximum Gasteiger partial charge on any atom is 0.255 e. The molecule has 1 N–H and O–H groups in total. The van der Waals surface area contributed by atoms with E-state index in [2.05, 4.69) is 26.1 Å². The average Bonchev–Trinajstić information content (AvgIpc) is 3.01. The van der Waals surface area contributed by atoms with Crippen LogP contribution in [-0.4, -0.2) is 34.1 Å². The van der Waals surface area contributed by atoms with Crippen molar-refractivity contribution in [3.05, 3.63) is 51.2 Å². The number of likely N-dealkylation sites (tertiary alicyclic amines) is 1. The van der Waals surface area contributed by atoms with Gasteiger partial charge in [0.2, 0.25) is 0 Å². The zero-order valence-corrected chi connectivity index (χ0v) is 13.7. The maximum absolute atomic E-state index is 12.7. The van der Waals surface area contributed by atoms with E-state index >= 15 is 0 Å². The van der Waals surface area contributed by atoms with E-state index in [1.807, 2.05) is 11.0 Å². The molecule has 0 bridgehead atoms. The monoisotopic (exact) mass is 367 g/mol. The number of nitrogens with one attached hydrogen (secondary N) is 1. The number of benzene rings is 1. The number of piperidine rings is 1. The Labute approximate surface area is 136 Å². The molecule has 4 nitrogen and oxygen atoms in total. The molecule has 1 atom stereocenters. The summed E-state index contributed by atoms with van der Waals surface area (Å²) in [6.07, 6.45) is 3.83. The number of rotatable bonds is 2. The van der Waals surface area contributed by atoms with Gasteiger partial charge < -0.3 is 4.90 Å². The Morgan fingerprint density at radius 2 is 2.29 bits per heavy atom. The summed E-state index contributed by atoms with van der Waals surface area (Å²) in [5.41, 5.74) is 1.76. The summed E-state index contributed by atoms with van der Waals surface area (Å²) in [5, 5.41) is 7.63. The lowest BCUT2D eigenvalue weighted by atomic mass is 9.94. The Balaban J connectivity index is 1.78. The molecule has 110 valence electrons. The molecule has 2 heterocycles. The molecule has 21 heavy (non-hydrogen) atoms. The van der Waals surface area contributed by atoms with Gasteiger partial charge in [-0.2, -0.15) is 5.10 Å². The van der Waals surface area contributed by atoms with Crippen LogP contribution < -0.4 is 0 Å².